The molecule has 1 aliphatic heterocycles. The molecule has 0 spiro atoms. The smallest absolute Gasteiger partial charge is 0.326 e. The Bertz CT molecular complexity index is 870. The molecule has 1 aromatic heterocycles. The molecule has 1 aliphatic rings. The van der Waals surface area contributed by atoms with Crippen LogP contribution in [0.25, 0.3) is 10.9 Å². The SMILES string of the molecule is CN1N=C(C(=O)NC(Cc2c[nH]c3ccccc23)C(=O)O)CCC1=O. The predicted octanol–water partition coefficient (Wildman–Crippen LogP) is 0.888. The van der Waals surface area contributed by atoms with Gasteiger partial charge in [0.1, 0.15) is 11.8 Å². The number of H-pyrrole nitrogens is 1. The summed E-state index contributed by atoms with van der Waals surface area (Å²) in [6, 6.07) is 6.47. The van der Waals surface area contributed by atoms with Crippen LogP contribution in [0.5, 0.6) is 0 Å². The van der Waals surface area contributed by atoms with E-state index in [0.717, 1.165) is 21.5 Å². The summed E-state index contributed by atoms with van der Waals surface area (Å²) in [6.07, 6.45) is 2.28. The number of rotatable bonds is 5. The van der Waals surface area contributed by atoms with Gasteiger partial charge in [0.15, 0.2) is 0 Å². The molecule has 2 amide bonds. The summed E-state index contributed by atoms with van der Waals surface area (Å²) in [5.74, 6) is -1.86. The van der Waals surface area contributed by atoms with E-state index >= 15 is 0 Å². The first kappa shape index (κ1) is 16.7. The second-order valence-electron chi connectivity index (χ2n) is 5.89. The number of amides is 2. The van der Waals surface area contributed by atoms with E-state index in [1.54, 1.807) is 6.20 Å². The van der Waals surface area contributed by atoms with Crippen LogP contribution in [-0.4, -0.2) is 51.7 Å². The summed E-state index contributed by atoms with van der Waals surface area (Å²) < 4.78 is 0. The molecule has 1 atom stereocenters. The van der Waals surface area contributed by atoms with Crippen molar-refractivity contribution in [3.05, 3.63) is 36.0 Å². The number of para-hydroxylation sites is 1. The van der Waals surface area contributed by atoms with Gasteiger partial charge in [0.25, 0.3) is 5.91 Å². The summed E-state index contributed by atoms with van der Waals surface area (Å²) in [5, 5.41) is 17.9. The number of carbonyl (C=O) groups excluding carboxylic acids is 2. The van der Waals surface area contributed by atoms with Crippen LogP contribution in [0.15, 0.2) is 35.6 Å². The average molecular weight is 342 g/mol. The topological polar surface area (TPSA) is 115 Å². The Kier molecular flexibility index (Phi) is 4.51. The first-order valence-corrected chi connectivity index (χ1v) is 7.88. The zero-order valence-electron chi connectivity index (χ0n) is 13.7. The minimum absolute atomic E-state index is 0.146. The summed E-state index contributed by atoms with van der Waals surface area (Å²) in [5.41, 5.74) is 1.87. The predicted molar refractivity (Wildman–Crippen MR) is 91.0 cm³/mol. The van der Waals surface area contributed by atoms with Crippen molar-refractivity contribution in [2.45, 2.75) is 25.3 Å². The van der Waals surface area contributed by atoms with Gasteiger partial charge < -0.3 is 15.4 Å². The number of hydrazone groups is 1. The molecule has 8 heteroatoms. The van der Waals surface area contributed by atoms with E-state index in [1.807, 2.05) is 24.3 Å². The van der Waals surface area contributed by atoms with E-state index in [-0.39, 0.29) is 30.9 Å². The fraction of sp³-hybridized carbons (Fsp3) is 0.294. The Balaban J connectivity index is 1.76. The molecule has 0 aliphatic carbocycles. The third kappa shape index (κ3) is 3.52. The number of benzene rings is 1. The van der Waals surface area contributed by atoms with Crippen molar-refractivity contribution >= 4 is 34.4 Å². The summed E-state index contributed by atoms with van der Waals surface area (Å²) in [6.45, 7) is 0. The third-order valence-corrected chi connectivity index (χ3v) is 4.17. The summed E-state index contributed by atoms with van der Waals surface area (Å²) >= 11 is 0. The lowest BCUT2D eigenvalue weighted by molar-refractivity contribution is -0.141. The second kappa shape index (κ2) is 6.76. The van der Waals surface area contributed by atoms with Crippen molar-refractivity contribution < 1.29 is 19.5 Å². The van der Waals surface area contributed by atoms with Gasteiger partial charge in [-0.3, -0.25) is 9.59 Å². The van der Waals surface area contributed by atoms with Gasteiger partial charge in [-0.05, 0) is 11.6 Å². The summed E-state index contributed by atoms with van der Waals surface area (Å²) in [7, 11) is 1.47. The van der Waals surface area contributed by atoms with Gasteiger partial charge in [0.05, 0.1) is 0 Å². The van der Waals surface area contributed by atoms with Crippen molar-refractivity contribution in [1.29, 1.82) is 0 Å². The molecule has 0 saturated heterocycles. The number of nitrogens with zero attached hydrogens (tertiary/aromatic N) is 2. The molecule has 2 aromatic rings. The molecular formula is C17H18N4O4. The quantitative estimate of drug-likeness (QED) is 0.748. The lowest BCUT2D eigenvalue weighted by Crippen LogP contribution is -2.46. The Hall–Kier alpha value is -3.16. The van der Waals surface area contributed by atoms with Gasteiger partial charge in [-0.2, -0.15) is 5.10 Å². The third-order valence-electron chi connectivity index (χ3n) is 4.17. The fourth-order valence-electron chi connectivity index (χ4n) is 2.79. The maximum Gasteiger partial charge on any atom is 0.326 e. The Labute approximate surface area is 143 Å². The van der Waals surface area contributed by atoms with Crippen molar-refractivity contribution in [2.24, 2.45) is 5.10 Å². The molecule has 0 fully saturated rings. The van der Waals surface area contributed by atoms with Crippen molar-refractivity contribution in [3.8, 4) is 0 Å². The molecule has 1 aromatic carbocycles. The highest BCUT2D eigenvalue weighted by atomic mass is 16.4. The van der Waals surface area contributed by atoms with Crippen LogP contribution < -0.4 is 5.32 Å². The minimum Gasteiger partial charge on any atom is -0.480 e. The monoisotopic (exact) mass is 342 g/mol. The molecule has 25 heavy (non-hydrogen) atoms. The number of aliphatic carboxylic acids is 1. The number of hydrogen-bond donors (Lipinski definition) is 3. The van der Waals surface area contributed by atoms with Gasteiger partial charge in [0.2, 0.25) is 5.91 Å². The van der Waals surface area contributed by atoms with Gasteiger partial charge >= 0.3 is 5.97 Å². The highest BCUT2D eigenvalue weighted by molar-refractivity contribution is 6.39. The maximum absolute atomic E-state index is 12.3. The number of carbonyl (C=O) groups is 3. The number of carboxylic acid groups (broad SMARTS) is 1. The van der Waals surface area contributed by atoms with Crippen LogP contribution in [0.4, 0.5) is 0 Å². The first-order chi connectivity index (χ1) is 12.0. The number of fused-ring (bicyclic) bond motifs is 1. The van der Waals surface area contributed by atoms with Crippen LogP contribution in [0.3, 0.4) is 0 Å². The molecule has 1 unspecified atom stereocenters. The molecule has 0 radical (unpaired) electrons. The largest absolute Gasteiger partial charge is 0.480 e. The van der Waals surface area contributed by atoms with E-state index in [2.05, 4.69) is 15.4 Å². The fourth-order valence-corrected chi connectivity index (χ4v) is 2.79. The molecule has 3 N–H and O–H groups in total. The zero-order valence-corrected chi connectivity index (χ0v) is 13.7. The maximum atomic E-state index is 12.3. The Morgan fingerprint density at radius 1 is 1.36 bits per heavy atom. The van der Waals surface area contributed by atoms with Crippen LogP contribution >= 0.6 is 0 Å². The number of aromatic amines is 1. The number of hydrogen-bond acceptors (Lipinski definition) is 4. The molecule has 130 valence electrons. The van der Waals surface area contributed by atoms with E-state index in [4.69, 9.17) is 0 Å². The van der Waals surface area contributed by atoms with Crippen LogP contribution in [0.1, 0.15) is 18.4 Å². The Morgan fingerprint density at radius 2 is 2.12 bits per heavy atom. The van der Waals surface area contributed by atoms with E-state index in [0.29, 0.717) is 0 Å². The van der Waals surface area contributed by atoms with Crippen molar-refractivity contribution in [1.82, 2.24) is 15.3 Å². The van der Waals surface area contributed by atoms with Crippen LogP contribution in [-0.2, 0) is 20.8 Å². The minimum atomic E-state index is -1.13. The molecule has 0 bridgehead atoms. The number of nitrogens with one attached hydrogen (secondary N) is 2. The van der Waals surface area contributed by atoms with E-state index in [1.165, 1.54) is 7.05 Å². The van der Waals surface area contributed by atoms with Gasteiger partial charge in [0, 0.05) is 43.4 Å². The highest BCUT2D eigenvalue weighted by Gasteiger charge is 2.27. The lowest BCUT2D eigenvalue weighted by Gasteiger charge is -2.20. The van der Waals surface area contributed by atoms with Gasteiger partial charge in [-0.1, -0.05) is 18.2 Å². The van der Waals surface area contributed by atoms with E-state index < -0.39 is 17.9 Å². The highest BCUT2D eigenvalue weighted by Crippen LogP contribution is 2.19. The van der Waals surface area contributed by atoms with Gasteiger partial charge in [-0.15, -0.1) is 0 Å². The first-order valence-electron chi connectivity index (χ1n) is 7.88. The molecule has 0 saturated carbocycles. The second-order valence-corrected chi connectivity index (χ2v) is 5.89. The molecule has 3 rings (SSSR count). The van der Waals surface area contributed by atoms with Crippen molar-refractivity contribution in [3.63, 3.8) is 0 Å². The molecule has 8 nitrogen and oxygen atoms in total. The average Bonchev–Trinajstić information content (AvgIpc) is 2.99. The van der Waals surface area contributed by atoms with Crippen LogP contribution in [0, 0.1) is 0 Å². The Morgan fingerprint density at radius 3 is 2.84 bits per heavy atom. The van der Waals surface area contributed by atoms with Gasteiger partial charge in [-0.25, -0.2) is 9.80 Å². The summed E-state index contributed by atoms with van der Waals surface area (Å²) in [4.78, 5) is 38.4. The van der Waals surface area contributed by atoms with Crippen LogP contribution in [0.2, 0.25) is 0 Å². The molecule has 2 heterocycles. The van der Waals surface area contributed by atoms with E-state index in [9.17, 15) is 19.5 Å². The molecular weight excluding hydrogens is 324 g/mol. The number of aromatic nitrogens is 1. The normalized spacial score (nSPS) is 15.8. The lowest BCUT2D eigenvalue weighted by atomic mass is 10.0. The number of carboxylic acids is 1. The van der Waals surface area contributed by atoms with Crippen molar-refractivity contribution in [2.75, 3.05) is 7.05 Å². The standard InChI is InChI=1S/C17H18N4O4/c1-21-15(22)7-6-13(20-21)16(23)19-14(17(24)25)8-10-9-18-12-5-3-2-4-11(10)12/h2-5,9,14,18H,6-8H2,1H3,(H,19,23)(H,24,25). The zero-order chi connectivity index (χ0) is 18.0.